The van der Waals surface area contributed by atoms with Crippen molar-refractivity contribution in [3.63, 3.8) is 0 Å². The second-order valence-electron chi connectivity index (χ2n) is 5.98. The Labute approximate surface area is 150 Å². The van der Waals surface area contributed by atoms with Crippen LogP contribution in [0.2, 0.25) is 5.02 Å². The van der Waals surface area contributed by atoms with Gasteiger partial charge in [0.1, 0.15) is 5.75 Å². The largest absolute Gasteiger partial charge is 0.497 e. The van der Waals surface area contributed by atoms with Crippen LogP contribution in [-0.2, 0) is 0 Å². The van der Waals surface area contributed by atoms with Gasteiger partial charge in [-0.15, -0.1) is 5.10 Å². The second kappa shape index (κ2) is 6.29. The predicted octanol–water partition coefficient (Wildman–Crippen LogP) is 3.67. The van der Waals surface area contributed by atoms with Gasteiger partial charge in [-0.2, -0.15) is 4.98 Å². The molecule has 1 aliphatic heterocycles. The smallest absolute Gasteiger partial charge is 0.241 e. The number of halogens is 1. The molecule has 1 aromatic heterocycles. The standard InChI is InChI=1S/C18H18ClN5O/c1-25-12-6-4-5-11(9-12)15-10-16(13-7-2-3-8-14(13)19)24-18(21-15)22-17(20)23-24/h2-9,15-16H,10H2,1H3,(H3,20,21,22,23)/t15-,16-/m1/s1. The number of methoxy groups -OCH3 is 1. The molecule has 0 unspecified atom stereocenters. The average molecular weight is 356 g/mol. The van der Waals surface area contributed by atoms with Gasteiger partial charge in [-0.25, -0.2) is 4.68 Å². The second-order valence-corrected chi connectivity index (χ2v) is 6.39. The SMILES string of the molecule is COc1cccc([C@H]2C[C@H](c3ccccc3Cl)n3nc(N)nc3N2)c1. The van der Waals surface area contributed by atoms with Crippen LogP contribution < -0.4 is 15.8 Å². The fraction of sp³-hybridized carbons (Fsp3) is 0.222. The molecular formula is C18H18ClN5O. The molecule has 0 fully saturated rings. The first-order valence-corrected chi connectivity index (χ1v) is 8.40. The number of hydrogen-bond donors (Lipinski definition) is 2. The number of aromatic nitrogens is 3. The number of hydrogen-bond acceptors (Lipinski definition) is 5. The van der Waals surface area contributed by atoms with Gasteiger partial charge in [0.2, 0.25) is 11.9 Å². The van der Waals surface area contributed by atoms with Crippen LogP contribution in [0.5, 0.6) is 5.75 Å². The molecular weight excluding hydrogens is 338 g/mol. The molecule has 0 spiro atoms. The molecule has 7 heteroatoms. The minimum absolute atomic E-state index is 0.0486. The number of ether oxygens (including phenoxy) is 1. The molecule has 128 valence electrons. The monoisotopic (exact) mass is 355 g/mol. The molecule has 0 radical (unpaired) electrons. The van der Waals surface area contributed by atoms with Crippen molar-refractivity contribution in [2.24, 2.45) is 0 Å². The normalized spacial score (nSPS) is 19.1. The van der Waals surface area contributed by atoms with E-state index in [1.807, 2.05) is 47.1 Å². The summed E-state index contributed by atoms with van der Waals surface area (Å²) in [6.07, 6.45) is 0.771. The fourth-order valence-corrected chi connectivity index (χ4v) is 3.54. The molecule has 25 heavy (non-hydrogen) atoms. The number of benzene rings is 2. The van der Waals surface area contributed by atoms with E-state index < -0.39 is 0 Å². The van der Waals surface area contributed by atoms with Gasteiger partial charge in [0.25, 0.3) is 0 Å². The number of fused-ring (bicyclic) bond motifs is 1. The molecule has 2 atom stereocenters. The Hall–Kier alpha value is -2.73. The number of nitrogens with two attached hydrogens (primary N) is 1. The highest BCUT2D eigenvalue weighted by Crippen LogP contribution is 2.40. The summed E-state index contributed by atoms with van der Waals surface area (Å²) < 4.78 is 7.16. The van der Waals surface area contributed by atoms with Crippen LogP contribution in [0, 0.1) is 0 Å². The zero-order valence-corrected chi connectivity index (χ0v) is 14.4. The highest BCUT2D eigenvalue weighted by molar-refractivity contribution is 6.31. The van der Waals surface area contributed by atoms with Crippen LogP contribution in [0.15, 0.2) is 48.5 Å². The number of nitrogens with one attached hydrogen (secondary N) is 1. The zero-order chi connectivity index (χ0) is 17.4. The van der Waals surface area contributed by atoms with Gasteiger partial charge in [-0.1, -0.05) is 41.9 Å². The lowest BCUT2D eigenvalue weighted by Gasteiger charge is -2.32. The summed E-state index contributed by atoms with van der Waals surface area (Å²) in [6, 6.07) is 15.8. The van der Waals surface area contributed by atoms with Crippen LogP contribution in [0.3, 0.4) is 0 Å². The Balaban J connectivity index is 1.77. The summed E-state index contributed by atoms with van der Waals surface area (Å²) in [7, 11) is 1.66. The van der Waals surface area contributed by atoms with Crippen LogP contribution in [0.25, 0.3) is 0 Å². The first-order chi connectivity index (χ1) is 12.2. The summed E-state index contributed by atoms with van der Waals surface area (Å²) in [5.74, 6) is 1.70. The van der Waals surface area contributed by atoms with E-state index in [0.717, 1.165) is 23.3 Å². The minimum atomic E-state index is -0.0500. The lowest BCUT2D eigenvalue weighted by atomic mass is 9.93. The molecule has 0 aliphatic carbocycles. The predicted molar refractivity (Wildman–Crippen MR) is 98.0 cm³/mol. The molecule has 0 bridgehead atoms. The summed E-state index contributed by atoms with van der Waals surface area (Å²) in [5, 5.41) is 8.47. The summed E-state index contributed by atoms with van der Waals surface area (Å²) >= 11 is 6.44. The van der Waals surface area contributed by atoms with E-state index in [0.29, 0.717) is 11.0 Å². The van der Waals surface area contributed by atoms with Gasteiger partial charge >= 0.3 is 0 Å². The number of nitrogen functional groups attached to an aromatic ring is 1. The lowest BCUT2D eigenvalue weighted by Crippen LogP contribution is -2.28. The number of nitrogens with zero attached hydrogens (tertiary/aromatic N) is 3. The zero-order valence-electron chi connectivity index (χ0n) is 13.7. The van der Waals surface area contributed by atoms with Gasteiger partial charge in [0.05, 0.1) is 19.2 Å². The van der Waals surface area contributed by atoms with E-state index in [1.165, 1.54) is 0 Å². The average Bonchev–Trinajstić information content (AvgIpc) is 3.01. The van der Waals surface area contributed by atoms with Gasteiger partial charge in [0, 0.05) is 5.02 Å². The highest BCUT2D eigenvalue weighted by Gasteiger charge is 2.31. The third kappa shape index (κ3) is 2.89. The van der Waals surface area contributed by atoms with Gasteiger partial charge in [0.15, 0.2) is 0 Å². The van der Waals surface area contributed by atoms with E-state index in [2.05, 4.69) is 21.5 Å². The number of rotatable bonds is 3. The van der Waals surface area contributed by atoms with Crippen LogP contribution in [-0.4, -0.2) is 21.9 Å². The molecule has 4 rings (SSSR count). The topological polar surface area (TPSA) is 78.0 Å². The Morgan fingerprint density at radius 1 is 1.24 bits per heavy atom. The van der Waals surface area contributed by atoms with Gasteiger partial charge in [-0.05, 0) is 35.7 Å². The summed E-state index contributed by atoms with van der Waals surface area (Å²) in [5.41, 5.74) is 7.95. The van der Waals surface area contributed by atoms with E-state index in [-0.39, 0.29) is 18.0 Å². The van der Waals surface area contributed by atoms with Crippen LogP contribution >= 0.6 is 11.6 Å². The molecule has 6 nitrogen and oxygen atoms in total. The van der Waals surface area contributed by atoms with Crippen molar-refractivity contribution in [3.8, 4) is 5.75 Å². The third-order valence-corrected chi connectivity index (χ3v) is 4.81. The lowest BCUT2D eigenvalue weighted by molar-refractivity contribution is 0.410. The van der Waals surface area contributed by atoms with E-state index in [4.69, 9.17) is 22.1 Å². The fourth-order valence-electron chi connectivity index (χ4n) is 3.28. The third-order valence-electron chi connectivity index (χ3n) is 4.47. The Bertz CT molecular complexity index is 910. The van der Waals surface area contributed by atoms with Crippen molar-refractivity contribution in [1.82, 2.24) is 14.8 Å². The van der Waals surface area contributed by atoms with Crippen molar-refractivity contribution in [2.45, 2.75) is 18.5 Å². The quantitative estimate of drug-likeness (QED) is 0.749. The molecule has 0 amide bonds. The van der Waals surface area contributed by atoms with Gasteiger partial charge in [-0.3, -0.25) is 0 Å². The van der Waals surface area contributed by atoms with Crippen molar-refractivity contribution >= 4 is 23.5 Å². The first kappa shape index (κ1) is 15.8. The van der Waals surface area contributed by atoms with Crippen molar-refractivity contribution in [1.29, 1.82) is 0 Å². The van der Waals surface area contributed by atoms with Crippen molar-refractivity contribution < 1.29 is 4.74 Å². The Kier molecular flexibility index (Phi) is 3.97. The first-order valence-electron chi connectivity index (χ1n) is 8.02. The van der Waals surface area contributed by atoms with Crippen LogP contribution in [0.1, 0.15) is 29.6 Å². The van der Waals surface area contributed by atoms with Crippen molar-refractivity contribution in [2.75, 3.05) is 18.2 Å². The summed E-state index contributed by atoms with van der Waals surface area (Å²) in [4.78, 5) is 4.32. The maximum absolute atomic E-state index is 6.44. The highest BCUT2D eigenvalue weighted by atomic mass is 35.5. The van der Waals surface area contributed by atoms with E-state index in [9.17, 15) is 0 Å². The van der Waals surface area contributed by atoms with Crippen LogP contribution in [0.4, 0.5) is 11.9 Å². The Morgan fingerprint density at radius 3 is 2.88 bits per heavy atom. The Morgan fingerprint density at radius 2 is 2.08 bits per heavy atom. The molecule has 2 aromatic carbocycles. The summed E-state index contributed by atoms with van der Waals surface area (Å²) in [6.45, 7) is 0. The molecule has 0 saturated heterocycles. The molecule has 3 aromatic rings. The molecule has 1 aliphatic rings. The van der Waals surface area contributed by atoms with Gasteiger partial charge < -0.3 is 15.8 Å². The molecule has 2 heterocycles. The minimum Gasteiger partial charge on any atom is -0.497 e. The van der Waals surface area contributed by atoms with E-state index in [1.54, 1.807) is 7.11 Å². The molecule has 3 N–H and O–H groups in total. The van der Waals surface area contributed by atoms with E-state index >= 15 is 0 Å². The van der Waals surface area contributed by atoms with Crippen molar-refractivity contribution in [3.05, 3.63) is 64.7 Å². The molecule has 0 saturated carbocycles. The number of anilines is 2. The maximum atomic E-state index is 6.44. The maximum Gasteiger partial charge on any atom is 0.241 e.